The van der Waals surface area contributed by atoms with E-state index in [1.807, 2.05) is 23.0 Å². The molecule has 0 spiro atoms. The Morgan fingerprint density at radius 1 is 0.950 bits per heavy atom. The largest absolute Gasteiger partial charge is 0.433 e. The molecule has 8 rings (SSSR count). The number of para-hydroxylation sites is 1. The molecule has 3 amide bonds. The van der Waals surface area contributed by atoms with Crippen LogP contribution in [0.15, 0.2) is 59.5 Å². The van der Waals surface area contributed by atoms with Gasteiger partial charge in [-0.15, -0.1) is 0 Å². The lowest BCUT2D eigenvalue weighted by Crippen LogP contribution is -2.44. The molecule has 3 aromatic heterocycles. The van der Waals surface area contributed by atoms with Crippen LogP contribution in [0.2, 0.25) is 0 Å². The van der Waals surface area contributed by atoms with Gasteiger partial charge in [-0.2, -0.15) is 18.3 Å². The minimum Gasteiger partial charge on any atom is -0.386 e. The van der Waals surface area contributed by atoms with Gasteiger partial charge in [-0.3, -0.25) is 33.5 Å². The third-order valence-corrected chi connectivity index (χ3v) is 12.8. The fraction of sp³-hybridized carbons (Fsp3) is 0.500. The molecule has 2 aromatic carbocycles. The molecule has 5 aromatic rings. The number of pyridine rings is 1. The fourth-order valence-corrected chi connectivity index (χ4v) is 9.52. The number of likely N-dealkylation sites (tertiary alicyclic amines) is 1. The predicted molar refractivity (Wildman–Crippen MR) is 219 cm³/mol. The van der Waals surface area contributed by atoms with Crippen molar-refractivity contribution in [1.29, 1.82) is 0 Å². The molecule has 2 aliphatic heterocycles. The van der Waals surface area contributed by atoms with E-state index in [-0.39, 0.29) is 35.4 Å². The molecule has 3 aliphatic rings. The van der Waals surface area contributed by atoms with E-state index in [4.69, 9.17) is 5.10 Å². The van der Waals surface area contributed by atoms with Crippen LogP contribution in [-0.2, 0) is 34.8 Å². The molecule has 1 aliphatic carbocycles. The summed E-state index contributed by atoms with van der Waals surface area (Å²) in [6.45, 7) is 6.32. The number of aryl methyl sites for hydroxylation is 2. The summed E-state index contributed by atoms with van der Waals surface area (Å²) in [5.41, 5.74) is 0.824. The van der Waals surface area contributed by atoms with Gasteiger partial charge in [-0.25, -0.2) is 9.78 Å². The van der Waals surface area contributed by atoms with Crippen LogP contribution in [0.3, 0.4) is 0 Å². The maximum atomic E-state index is 13.4. The van der Waals surface area contributed by atoms with Crippen molar-refractivity contribution in [1.82, 2.24) is 34.1 Å². The van der Waals surface area contributed by atoms with Crippen molar-refractivity contribution in [2.24, 2.45) is 18.9 Å². The number of fused-ring (bicyclic) bond motifs is 2. The number of aliphatic hydroxyl groups is 1. The summed E-state index contributed by atoms with van der Waals surface area (Å²) < 4.78 is 44.9. The number of nitrogens with zero attached hydrogens (tertiary/aromatic N) is 6. The molecular weight excluding hydrogens is 778 g/mol. The first-order valence-corrected chi connectivity index (χ1v) is 20.9. The third-order valence-electron chi connectivity index (χ3n) is 12.8. The maximum absolute atomic E-state index is 13.4. The molecular formula is C44H51F3N8O5. The summed E-state index contributed by atoms with van der Waals surface area (Å²) in [7, 11) is 1.75. The minimum atomic E-state index is -4.69. The van der Waals surface area contributed by atoms with E-state index in [9.17, 15) is 37.5 Å². The Kier molecular flexibility index (Phi) is 11.2. The second-order valence-corrected chi connectivity index (χ2v) is 17.4. The molecule has 0 radical (unpaired) electrons. The number of rotatable bonds is 10. The number of carbonyl (C=O) groups excluding carboxylic acids is 3. The molecule has 16 heteroatoms. The number of aromatic nitrogens is 5. The zero-order valence-corrected chi connectivity index (χ0v) is 34.1. The number of carbonyl (C=O) groups is 3. The molecule has 3 fully saturated rings. The van der Waals surface area contributed by atoms with E-state index in [0.29, 0.717) is 29.3 Å². The molecule has 60 heavy (non-hydrogen) atoms. The highest BCUT2D eigenvalue weighted by Crippen LogP contribution is 2.37. The van der Waals surface area contributed by atoms with Gasteiger partial charge >= 0.3 is 11.9 Å². The van der Waals surface area contributed by atoms with Gasteiger partial charge in [0, 0.05) is 42.8 Å². The zero-order chi connectivity index (χ0) is 42.5. The number of hydrogen-bond donors (Lipinski definition) is 3. The highest BCUT2D eigenvalue weighted by Gasteiger charge is 2.34. The Balaban J connectivity index is 0.847. The molecule has 5 heterocycles. The van der Waals surface area contributed by atoms with Crippen molar-refractivity contribution in [3.05, 3.63) is 87.7 Å². The van der Waals surface area contributed by atoms with Gasteiger partial charge in [-0.05, 0) is 132 Å². The average Bonchev–Trinajstić information content (AvgIpc) is 3.74. The van der Waals surface area contributed by atoms with Crippen molar-refractivity contribution >= 4 is 45.3 Å². The number of anilines is 1. The fourth-order valence-electron chi connectivity index (χ4n) is 9.52. The molecule has 0 bridgehead atoms. The second-order valence-electron chi connectivity index (χ2n) is 17.4. The zero-order valence-electron chi connectivity index (χ0n) is 34.1. The Hall–Kier alpha value is -5.35. The van der Waals surface area contributed by atoms with Gasteiger partial charge in [0.25, 0.3) is 5.91 Å². The molecule has 2 saturated heterocycles. The van der Waals surface area contributed by atoms with Crippen LogP contribution in [0.4, 0.5) is 18.9 Å². The van der Waals surface area contributed by atoms with E-state index in [2.05, 4.69) is 26.6 Å². The summed E-state index contributed by atoms with van der Waals surface area (Å²) in [5, 5.41) is 21.7. The average molecular weight is 829 g/mol. The lowest BCUT2D eigenvalue weighted by Gasteiger charge is -2.36. The predicted octanol–water partition coefficient (Wildman–Crippen LogP) is 6.64. The van der Waals surface area contributed by atoms with Crippen molar-refractivity contribution in [3.8, 4) is 0 Å². The Bertz CT molecular complexity index is 2500. The quantitative estimate of drug-likeness (QED) is 0.133. The normalized spacial score (nSPS) is 21.1. The molecule has 318 valence electrons. The monoisotopic (exact) mass is 828 g/mol. The Labute approximate surface area is 344 Å². The highest BCUT2D eigenvalue weighted by atomic mass is 19.4. The summed E-state index contributed by atoms with van der Waals surface area (Å²) in [4.78, 5) is 56.9. The number of halogens is 3. The van der Waals surface area contributed by atoms with Crippen molar-refractivity contribution in [2.45, 2.75) is 102 Å². The van der Waals surface area contributed by atoms with Crippen molar-refractivity contribution in [2.75, 3.05) is 25.0 Å². The van der Waals surface area contributed by atoms with E-state index in [1.165, 1.54) is 6.07 Å². The topological polar surface area (TPSA) is 156 Å². The van der Waals surface area contributed by atoms with Crippen LogP contribution in [0.1, 0.15) is 111 Å². The lowest BCUT2D eigenvalue weighted by molar-refractivity contribution is -0.141. The van der Waals surface area contributed by atoms with Crippen LogP contribution in [0.25, 0.3) is 21.9 Å². The van der Waals surface area contributed by atoms with Crippen LogP contribution in [-0.4, -0.2) is 71.3 Å². The number of imidazole rings is 1. The van der Waals surface area contributed by atoms with E-state index >= 15 is 0 Å². The second kappa shape index (κ2) is 16.3. The number of imide groups is 1. The number of benzene rings is 2. The minimum absolute atomic E-state index is 0.196. The molecule has 3 N–H and O–H groups in total. The van der Waals surface area contributed by atoms with Gasteiger partial charge < -0.3 is 15.3 Å². The maximum Gasteiger partial charge on any atom is 0.433 e. The van der Waals surface area contributed by atoms with Crippen LogP contribution in [0, 0.1) is 11.8 Å². The Morgan fingerprint density at radius 3 is 2.38 bits per heavy atom. The van der Waals surface area contributed by atoms with E-state index in [0.717, 1.165) is 105 Å². The molecule has 1 atom stereocenters. The summed E-state index contributed by atoms with van der Waals surface area (Å²) in [6.07, 6.45) is 5.94. The number of piperidine rings is 2. The summed E-state index contributed by atoms with van der Waals surface area (Å²) >= 11 is 0. The summed E-state index contributed by atoms with van der Waals surface area (Å²) in [5.74, 6) is -0.383. The lowest BCUT2D eigenvalue weighted by atomic mass is 9.84. The van der Waals surface area contributed by atoms with Crippen LogP contribution in [0.5, 0.6) is 0 Å². The molecule has 1 unspecified atom stereocenters. The van der Waals surface area contributed by atoms with Gasteiger partial charge in [-0.1, -0.05) is 18.2 Å². The van der Waals surface area contributed by atoms with Gasteiger partial charge in [0.15, 0.2) is 0 Å². The van der Waals surface area contributed by atoms with E-state index in [1.54, 1.807) is 42.2 Å². The first kappa shape index (κ1) is 41.4. The Morgan fingerprint density at radius 2 is 1.68 bits per heavy atom. The summed E-state index contributed by atoms with van der Waals surface area (Å²) in [6, 6.07) is 12.0. The number of alkyl halides is 3. The number of hydrogen-bond acceptors (Lipinski definition) is 8. The molecule has 13 nitrogen and oxygen atoms in total. The van der Waals surface area contributed by atoms with E-state index < -0.39 is 35.3 Å². The first-order chi connectivity index (χ1) is 28.5. The van der Waals surface area contributed by atoms with Gasteiger partial charge in [0.2, 0.25) is 11.8 Å². The standard InChI is InChI=1S/C44H51F3N8O5/c1-43(2,60)31-23-33-29(22-34(31)49-40(57)32-7-5-9-37(48-32)44(45,46)47)25-54(51-33)30-14-11-27(12-15-30)24-53-20-18-26(19-21-53)10-13-28-6-4-8-35-39(28)52(3)42(59)55(35)36-16-17-38(56)50-41(36)58/h4-9,22-23,25-27,30,36,60H,10-21,24H2,1-3H3,(H,49,57)(H,50,56,58). The van der Waals surface area contributed by atoms with Crippen LogP contribution >= 0.6 is 0 Å². The molecule has 1 saturated carbocycles. The van der Waals surface area contributed by atoms with Gasteiger partial charge in [0.05, 0.1) is 28.2 Å². The smallest absolute Gasteiger partial charge is 0.386 e. The number of amides is 3. The SMILES string of the molecule is Cn1c(=O)n(C2CCC(=O)NC2=O)c2cccc(CCC3CCN(CC4CCC(n5cc6cc(NC(=O)c7cccc(C(F)(F)F)n7)c(C(C)(C)O)cc6n5)CC4)CC3)c21. The highest BCUT2D eigenvalue weighted by molar-refractivity contribution is 6.04. The van der Waals surface area contributed by atoms with Crippen molar-refractivity contribution in [3.63, 3.8) is 0 Å². The van der Waals surface area contributed by atoms with Gasteiger partial charge in [0.1, 0.15) is 17.4 Å². The first-order valence-electron chi connectivity index (χ1n) is 20.9. The third kappa shape index (κ3) is 8.49. The number of nitrogens with one attached hydrogen (secondary N) is 2. The van der Waals surface area contributed by atoms with Crippen LogP contribution < -0.4 is 16.3 Å². The van der Waals surface area contributed by atoms with Crippen molar-refractivity contribution < 1.29 is 32.7 Å².